The SMILES string of the molecule is CCOC(=O)CCc1ccc2occ(C)c2c1. The molecule has 2 aromatic rings. The van der Waals surface area contributed by atoms with E-state index in [2.05, 4.69) is 6.07 Å². The van der Waals surface area contributed by atoms with Crippen molar-refractivity contribution >= 4 is 16.9 Å². The molecule has 0 atom stereocenters. The highest BCUT2D eigenvalue weighted by Crippen LogP contribution is 2.22. The van der Waals surface area contributed by atoms with Gasteiger partial charge in [0.1, 0.15) is 5.58 Å². The molecule has 1 heterocycles. The molecule has 0 aliphatic rings. The Balaban J connectivity index is 2.08. The minimum atomic E-state index is -0.142. The number of carbonyl (C=O) groups is 1. The van der Waals surface area contributed by atoms with Crippen LogP contribution in [0, 0.1) is 6.92 Å². The lowest BCUT2D eigenvalue weighted by molar-refractivity contribution is -0.143. The topological polar surface area (TPSA) is 39.4 Å². The number of carbonyl (C=O) groups excluding carboxylic acids is 1. The quantitative estimate of drug-likeness (QED) is 0.760. The van der Waals surface area contributed by atoms with Gasteiger partial charge < -0.3 is 9.15 Å². The van der Waals surface area contributed by atoms with Crippen molar-refractivity contribution in [1.29, 1.82) is 0 Å². The van der Waals surface area contributed by atoms with Crippen LogP contribution in [0.4, 0.5) is 0 Å². The average molecular weight is 232 g/mol. The highest BCUT2D eigenvalue weighted by Gasteiger charge is 2.06. The molecule has 0 saturated carbocycles. The molecule has 17 heavy (non-hydrogen) atoms. The van der Waals surface area contributed by atoms with Gasteiger partial charge in [0.15, 0.2) is 0 Å². The first-order valence-corrected chi connectivity index (χ1v) is 5.83. The summed E-state index contributed by atoms with van der Waals surface area (Å²) in [5, 5.41) is 1.12. The van der Waals surface area contributed by atoms with Crippen LogP contribution in [0.3, 0.4) is 0 Å². The van der Waals surface area contributed by atoms with Gasteiger partial charge >= 0.3 is 5.97 Å². The van der Waals surface area contributed by atoms with E-state index < -0.39 is 0 Å². The average Bonchev–Trinajstić information content (AvgIpc) is 2.69. The second-order valence-corrected chi connectivity index (χ2v) is 4.05. The van der Waals surface area contributed by atoms with Crippen LogP contribution in [-0.4, -0.2) is 12.6 Å². The first-order valence-electron chi connectivity index (χ1n) is 5.83. The molecule has 0 unspecified atom stereocenters. The van der Waals surface area contributed by atoms with E-state index in [1.165, 1.54) is 0 Å². The minimum Gasteiger partial charge on any atom is -0.466 e. The molecule has 0 bridgehead atoms. The van der Waals surface area contributed by atoms with E-state index in [0.717, 1.165) is 22.1 Å². The van der Waals surface area contributed by atoms with E-state index >= 15 is 0 Å². The third kappa shape index (κ3) is 2.67. The van der Waals surface area contributed by atoms with Crippen LogP contribution in [0.2, 0.25) is 0 Å². The van der Waals surface area contributed by atoms with Gasteiger partial charge in [-0.15, -0.1) is 0 Å². The van der Waals surface area contributed by atoms with Crippen molar-refractivity contribution in [3.8, 4) is 0 Å². The molecule has 0 radical (unpaired) electrons. The molecule has 2 rings (SSSR count). The van der Waals surface area contributed by atoms with Gasteiger partial charge in [0.2, 0.25) is 0 Å². The Morgan fingerprint density at radius 2 is 2.24 bits per heavy atom. The van der Waals surface area contributed by atoms with E-state index in [1.54, 1.807) is 6.26 Å². The summed E-state index contributed by atoms with van der Waals surface area (Å²) in [4.78, 5) is 11.3. The number of hydrogen-bond acceptors (Lipinski definition) is 3. The maximum Gasteiger partial charge on any atom is 0.306 e. The third-order valence-corrected chi connectivity index (χ3v) is 2.75. The van der Waals surface area contributed by atoms with Gasteiger partial charge in [0, 0.05) is 11.8 Å². The normalized spacial score (nSPS) is 10.7. The van der Waals surface area contributed by atoms with Crippen molar-refractivity contribution in [1.82, 2.24) is 0 Å². The molecule has 0 amide bonds. The zero-order chi connectivity index (χ0) is 12.3. The molecule has 90 valence electrons. The molecule has 3 heteroatoms. The summed E-state index contributed by atoms with van der Waals surface area (Å²) in [6, 6.07) is 6.01. The third-order valence-electron chi connectivity index (χ3n) is 2.75. The van der Waals surface area contributed by atoms with E-state index in [1.807, 2.05) is 26.0 Å². The highest BCUT2D eigenvalue weighted by molar-refractivity contribution is 5.81. The first-order chi connectivity index (χ1) is 8.20. The summed E-state index contributed by atoms with van der Waals surface area (Å²) in [7, 11) is 0. The minimum absolute atomic E-state index is 0.142. The number of rotatable bonds is 4. The molecular weight excluding hydrogens is 216 g/mol. The number of fused-ring (bicyclic) bond motifs is 1. The number of benzene rings is 1. The maximum absolute atomic E-state index is 11.3. The van der Waals surface area contributed by atoms with Crippen LogP contribution in [0.1, 0.15) is 24.5 Å². The fourth-order valence-electron chi connectivity index (χ4n) is 1.84. The van der Waals surface area contributed by atoms with E-state index in [9.17, 15) is 4.79 Å². The van der Waals surface area contributed by atoms with Crippen LogP contribution >= 0.6 is 0 Å². The summed E-state index contributed by atoms with van der Waals surface area (Å²) >= 11 is 0. The molecule has 0 saturated heterocycles. The number of hydrogen-bond donors (Lipinski definition) is 0. The lowest BCUT2D eigenvalue weighted by Gasteiger charge is -2.02. The van der Waals surface area contributed by atoms with Gasteiger partial charge in [0.25, 0.3) is 0 Å². The van der Waals surface area contributed by atoms with Gasteiger partial charge in [0.05, 0.1) is 12.9 Å². The zero-order valence-corrected chi connectivity index (χ0v) is 10.2. The zero-order valence-electron chi connectivity index (χ0n) is 10.2. The predicted octanol–water partition coefficient (Wildman–Crippen LogP) is 3.24. The number of ether oxygens (including phenoxy) is 1. The Morgan fingerprint density at radius 1 is 1.41 bits per heavy atom. The molecule has 0 spiro atoms. The van der Waals surface area contributed by atoms with Crippen molar-refractivity contribution < 1.29 is 13.9 Å². The van der Waals surface area contributed by atoms with Crippen molar-refractivity contribution in [3.05, 3.63) is 35.6 Å². The Hall–Kier alpha value is -1.77. The second kappa shape index (κ2) is 5.04. The lowest BCUT2D eigenvalue weighted by Crippen LogP contribution is -2.05. The standard InChI is InChI=1S/C14H16O3/c1-3-16-14(15)7-5-11-4-6-13-12(8-11)10(2)9-17-13/h4,6,8-9H,3,5,7H2,1-2H3. The van der Waals surface area contributed by atoms with Gasteiger partial charge in [-0.05, 0) is 43.5 Å². The Labute approximate surface area is 100 Å². The van der Waals surface area contributed by atoms with Crippen molar-refractivity contribution in [2.45, 2.75) is 26.7 Å². The maximum atomic E-state index is 11.3. The molecule has 0 N–H and O–H groups in total. The summed E-state index contributed by atoms with van der Waals surface area (Å²) in [5.41, 5.74) is 3.15. The highest BCUT2D eigenvalue weighted by atomic mass is 16.5. The summed E-state index contributed by atoms with van der Waals surface area (Å²) in [6.45, 7) is 4.28. The largest absolute Gasteiger partial charge is 0.466 e. The van der Waals surface area contributed by atoms with E-state index in [-0.39, 0.29) is 5.97 Å². The molecule has 3 nitrogen and oxygen atoms in total. The Kier molecular flexibility index (Phi) is 3.47. The van der Waals surface area contributed by atoms with Crippen molar-refractivity contribution in [2.75, 3.05) is 6.61 Å². The van der Waals surface area contributed by atoms with E-state index in [0.29, 0.717) is 19.4 Å². The summed E-state index contributed by atoms with van der Waals surface area (Å²) in [6.07, 6.45) is 2.88. The molecule has 0 aliphatic heterocycles. The monoisotopic (exact) mass is 232 g/mol. The first kappa shape index (κ1) is 11.7. The second-order valence-electron chi connectivity index (χ2n) is 4.05. The lowest BCUT2D eigenvalue weighted by atomic mass is 10.1. The van der Waals surface area contributed by atoms with Gasteiger partial charge in [-0.3, -0.25) is 4.79 Å². The Morgan fingerprint density at radius 3 is 3.00 bits per heavy atom. The van der Waals surface area contributed by atoms with Crippen molar-refractivity contribution in [2.24, 2.45) is 0 Å². The summed E-state index contributed by atoms with van der Waals surface area (Å²) in [5.74, 6) is -0.142. The van der Waals surface area contributed by atoms with Crippen LogP contribution in [0.5, 0.6) is 0 Å². The van der Waals surface area contributed by atoms with Gasteiger partial charge in [-0.2, -0.15) is 0 Å². The molecule has 1 aromatic carbocycles. The smallest absolute Gasteiger partial charge is 0.306 e. The van der Waals surface area contributed by atoms with Crippen LogP contribution in [-0.2, 0) is 16.0 Å². The van der Waals surface area contributed by atoms with E-state index in [4.69, 9.17) is 9.15 Å². The molecule has 0 fully saturated rings. The Bertz CT molecular complexity index is 525. The van der Waals surface area contributed by atoms with Gasteiger partial charge in [-0.25, -0.2) is 0 Å². The molecular formula is C14H16O3. The molecule has 0 aliphatic carbocycles. The predicted molar refractivity (Wildman–Crippen MR) is 65.9 cm³/mol. The summed E-state index contributed by atoms with van der Waals surface area (Å²) < 4.78 is 10.3. The molecule has 1 aromatic heterocycles. The van der Waals surface area contributed by atoms with Crippen LogP contribution in [0.25, 0.3) is 11.0 Å². The van der Waals surface area contributed by atoms with Crippen LogP contribution in [0.15, 0.2) is 28.9 Å². The van der Waals surface area contributed by atoms with Crippen molar-refractivity contribution in [3.63, 3.8) is 0 Å². The number of esters is 1. The fourth-order valence-corrected chi connectivity index (χ4v) is 1.84. The van der Waals surface area contributed by atoms with Gasteiger partial charge in [-0.1, -0.05) is 6.07 Å². The number of furan rings is 1. The fraction of sp³-hybridized carbons (Fsp3) is 0.357. The number of aryl methyl sites for hydroxylation is 2. The van der Waals surface area contributed by atoms with Crippen LogP contribution < -0.4 is 0 Å².